The molecule has 0 bridgehead atoms. The Morgan fingerprint density at radius 2 is 1.41 bits per heavy atom. The van der Waals surface area contributed by atoms with E-state index >= 15 is 0 Å². The molecule has 0 fully saturated rings. The first-order valence-corrected chi connectivity index (χ1v) is 13.2. The van der Waals surface area contributed by atoms with Crippen molar-refractivity contribution in [3.63, 3.8) is 0 Å². The van der Waals surface area contributed by atoms with Crippen molar-refractivity contribution in [3.05, 3.63) is 107 Å². The van der Waals surface area contributed by atoms with Gasteiger partial charge in [0.15, 0.2) is 11.5 Å². The molecule has 0 saturated heterocycles. The number of halogens is 1. The average molecular weight is 563 g/mol. The molecule has 4 rings (SSSR count). The molecule has 1 unspecified atom stereocenters. The number of ether oxygens (including phenoxy) is 3. The summed E-state index contributed by atoms with van der Waals surface area (Å²) < 4.78 is 15.8. The molecule has 0 spiro atoms. The van der Waals surface area contributed by atoms with Crippen LogP contribution in [0, 0.1) is 0 Å². The summed E-state index contributed by atoms with van der Waals surface area (Å²) in [6, 6.07) is 26.9. The van der Waals surface area contributed by atoms with Crippen LogP contribution in [0.3, 0.4) is 0 Å². The average Bonchev–Trinajstić information content (AvgIpc) is 2.96. The van der Waals surface area contributed by atoms with Crippen LogP contribution in [0.2, 0.25) is 5.02 Å². The van der Waals surface area contributed by atoms with Crippen molar-refractivity contribution in [1.82, 2.24) is 0 Å². The van der Waals surface area contributed by atoms with E-state index in [2.05, 4.69) is 10.6 Å². The highest BCUT2D eigenvalue weighted by molar-refractivity contribution is 8.00. The lowest BCUT2D eigenvalue weighted by Gasteiger charge is -2.18. The summed E-state index contributed by atoms with van der Waals surface area (Å²) in [4.78, 5) is 27.2. The summed E-state index contributed by atoms with van der Waals surface area (Å²) in [6.45, 7) is 0. The smallest absolute Gasteiger partial charge is 0.255 e. The second-order valence-corrected chi connectivity index (χ2v) is 9.88. The van der Waals surface area contributed by atoms with Gasteiger partial charge in [-0.2, -0.15) is 0 Å². The first-order chi connectivity index (χ1) is 18.9. The second kappa shape index (κ2) is 13.1. The van der Waals surface area contributed by atoms with Crippen molar-refractivity contribution >= 4 is 46.6 Å². The topological polar surface area (TPSA) is 85.9 Å². The van der Waals surface area contributed by atoms with Crippen molar-refractivity contribution in [1.29, 1.82) is 0 Å². The number of amides is 2. The van der Waals surface area contributed by atoms with Gasteiger partial charge in [0.25, 0.3) is 5.91 Å². The maximum absolute atomic E-state index is 13.4. The Morgan fingerprint density at radius 3 is 2.10 bits per heavy atom. The summed E-state index contributed by atoms with van der Waals surface area (Å²) in [6.07, 6.45) is 0. The van der Waals surface area contributed by atoms with Gasteiger partial charge in [-0.15, -0.1) is 11.8 Å². The molecule has 0 aliphatic carbocycles. The number of carbonyl (C=O) groups is 2. The molecule has 2 amide bonds. The predicted octanol–water partition coefficient (Wildman–Crippen LogP) is 7.09. The van der Waals surface area contributed by atoms with Gasteiger partial charge in [-0.3, -0.25) is 9.59 Å². The minimum Gasteiger partial charge on any atom is -0.495 e. The molecule has 200 valence electrons. The molecule has 0 heterocycles. The van der Waals surface area contributed by atoms with Crippen molar-refractivity contribution < 1.29 is 23.8 Å². The van der Waals surface area contributed by atoms with Crippen molar-refractivity contribution in [2.45, 2.75) is 10.1 Å². The van der Waals surface area contributed by atoms with Crippen LogP contribution in [-0.4, -0.2) is 33.1 Å². The van der Waals surface area contributed by atoms with Gasteiger partial charge in [0.05, 0.1) is 26.4 Å². The highest BCUT2D eigenvalue weighted by atomic mass is 35.5. The van der Waals surface area contributed by atoms with E-state index in [4.69, 9.17) is 25.8 Å². The first kappa shape index (κ1) is 27.9. The minimum absolute atomic E-state index is 0.216. The molecule has 39 heavy (non-hydrogen) atoms. The van der Waals surface area contributed by atoms with Crippen LogP contribution in [-0.2, 0) is 4.79 Å². The number of methoxy groups -OCH3 is 3. The van der Waals surface area contributed by atoms with Crippen LogP contribution in [0.25, 0.3) is 0 Å². The van der Waals surface area contributed by atoms with E-state index in [-0.39, 0.29) is 11.8 Å². The van der Waals surface area contributed by atoms with Gasteiger partial charge < -0.3 is 24.8 Å². The van der Waals surface area contributed by atoms with Crippen LogP contribution < -0.4 is 24.8 Å². The van der Waals surface area contributed by atoms with E-state index in [9.17, 15) is 9.59 Å². The largest absolute Gasteiger partial charge is 0.495 e. The van der Waals surface area contributed by atoms with Crippen molar-refractivity contribution in [2.24, 2.45) is 0 Å². The summed E-state index contributed by atoms with van der Waals surface area (Å²) >= 11 is 7.62. The third-order valence-electron chi connectivity index (χ3n) is 5.75. The van der Waals surface area contributed by atoms with Gasteiger partial charge in [-0.05, 0) is 60.2 Å². The monoisotopic (exact) mass is 562 g/mol. The molecule has 0 aromatic heterocycles. The van der Waals surface area contributed by atoms with Crippen molar-refractivity contribution in [3.8, 4) is 17.2 Å². The molecule has 4 aromatic carbocycles. The second-order valence-electron chi connectivity index (χ2n) is 8.30. The lowest BCUT2D eigenvalue weighted by molar-refractivity contribution is -0.115. The highest BCUT2D eigenvalue weighted by Gasteiger charge is 2.23. The Bertz CT molecular complexity index is 1470. The molecule has 0 aliphatic heterocycles. The van der Waals surface area contributed by atoms with Crippen LogP contribution in [0.5, 0.6) is 17.2 Å². The van der Waals surface area contributed by atoms with Gasteiger partial charge in [0.2, 0.25) is 5.91 Å². The van der Waals surface area contributed by atoms with Crippen LogP contribution in [0.15, 0.2) is 95.9 Å². The van der Waals surface area contributed by atoms with Gasteiger partial charge >= 0.3 is 0 Å². The van der Waals surface area contributed by atoms with E-state index in [1.165, 1.54) is 33.1 Å². The fraction of sp³-hybridized carbons (Fsp3) is 0.133. The molecular formula is C30H27ClN2O5S. The number of hydrogen-bond donors (Lipinski definition) is 2. The summed E-state index contributed by atoms with van der Waals surface area (Å²) in [5, 5.41) is 5.69. The van der Waals surface area contributed by atoms with E-state index in [1.807, 2.05) is 48.5 Å². The van der Waals surface area contributed by atoms with Crippen LogP contribution in [0.4, 0.5) is 11.4 Å². The van der Waals surface area contributed by atoms with Crippen LogP contribution in [0.1, 0.15) is 21.2 Å². The number of benzene rings is 4. The number of nitrogens with one attached hydrogen (secondary N) is 2. The number of carbonyl (C=O) groups excluding carboxylic acids is 2. The highest BCUT2D eigenvalue weighted by Crippen LogP contribution is 2.38. The summed E-state index contributed by atoms with van der Waals surface area (Å²) in [5.74, 6) is 1.01. The molecule has 1 atom stereocenters. The van der Waals surface area contributed by atoms with Gasteiger partial charge in [-0.25, -0.2) is 0 Å². The van der Waals surface area contributed by atoms with Gasteiger partial charge in [0.1, 0.15) is 11.0 Å². The summed E-state index contributed by atoms with van der Waals surface area (Å²) in [7, 11) is 4.59. The third kappa shape index (κ3) is 7.04. The Morgan fingerprint density at radius 1 is 0.718 bits per heavy atom. The Kier molecular flexibility index (Phi) is 9.35. The summed E-state index contributed by atoms with van der Waals surface area (Å²) in [5.41, 5.74) is 2.40. The maximum Gasteiger partial charge on any atom is 0.255 e. The van der Waals surface area contributed by atoms with Crippen molar-refractivity contribution in [2.75, 3.05) is 32.0 Å². The Balaban J connectivity index is 1.53. The molecule has 2 N–H and O–H groups in total. The number of hydrogen-bond acceptors (Lipinski definition) is 6. The van der Waals surface area contributed by atoms with Gasteiger partial charge in [0, 0.05) is 21.8 Å². The molecular weight excluding hydrogens is 536 g/mol. The fourth-order valence-electron chi connectivity index (χ4n) is 3.82. The first-order valence-electron chi connectivity index (χ1n) is 11.9. The van der Waals surface area contributed by atoms with E-state index in [1.54, 1.807) is 42.5 Å². The zero-order chi connectivity index (χ0) is 27.8. The minimum atomic E-state index is -0.566. The zero-order valence-electron chi connectivity index (χ0n) is 21.6. The number of rotatable bonds is 10. The van der Waals surface area contributed by atoms with E-state index in [0.717, 1.165) is 10.5 Å². The lowest BCUT2D eigenvalue weighted by atomic mass is 10.1. The number of thioether (sulfide) groups is 1. The van der Waals surface area contributed by atoms with Crippen LogP contribution >= 0.6 is 23.4 Å². The molecule has 0 saturated carbocycles. The normalized spacial score (nSPS) is 11.3. The SMILES string of the molecule is COc1ccc(NC(=O)C(Sc2cccc(NC(=O)c3ccc(OC)c(OC)c3)c2)c2ccccc2)cc1Cl. The van der Waals surface area contributed by atoms with E-state index in [0.29, 0.717) is 39.2 Å². The standard InChI is InChI=1S/C30H27ClN2O5S/c1-36-25-15-13-22(18-24(25)31)33-30(35)28(19-8-5-4-6-9-19)39-23-11-7-10-21(17-23)32-29(34)20-12-14-26(37-2)27(16-20)38-3/h4-18,28H,1-3H3,(H,32,34)(H,33,35). The molecule has 0 aliphatic rings. The zero-order valence-corrected chi connectivity index (χ0v) is 23.1. The van der Waals surface area contributed by atoms with E-state index < -0.39 is 5.25 Å². The lowest BCUT2D eigenvalue weighted by Crippen LogP contribution is -2.19. The maximum atomic E-state index is 13.4. The van der Waals surface area contributed by atoms with Gasteiger partial charge in [-0.1, -0.05) is 48.0 Å². The Hall–Kier alpha value is -4.14. The Labute approximate surface area is 236 Å². The quantitative estimate of drug-likeness (QED) is 0.201. The predicted molar refractivity (Wildman–Crippen MR) is 156 cm³/mol. The molecule has 7 nitrogen and oxygen atoms in total. The third-order valence-corrected chi connectivity index (χ3v) is 7.29. The fourth-order valence-corrected chi connectivity index (χ4v) is 5.16. The number of anilines is 2. The molecule has 4 aromatic rings. The molecule has 0 radical (unpaired) electrons. The molecule has 9 heteroatoms.